The fraction of sp³-hybridized carbons (Fsp3) is 0.0769. The van der Waals surface area contributed by atoms with Crippen LogP contribution < -0.4 is 10.1 Å². The summed E-state index contributed by atoms with van der Waals surface area (Å²) in [7, 11) is 0. The maximum atomic E-state index is 11.6. The van der Waals surface area contributed by atoms with Crippen LogP contribution in [-0.2, 0) is 4.79 Å². The molecule has 5 heteroatoms. The molecule has 4 nitrogen and oxygen atoms in total. The number of hydrogen-bond acceptors (Lipinski definition) is 3. The zero-order chi connectivity index (χ0) is 12.8. The van der Waals surface area contributed by atoms with Crippen LogP contribution in [0.5, 0.6) is 5.75 Å². The third-order valence-electron chi connectivity index (χ3n) is 2.12. The van der Waals surface area contributed by atoms with E-state index in [4.69, 9.17) is 4.74 Å². The van der Waals surface area contributed by atoms with Crippen molar-refractivity contribution in [2.45, 2.75) is 0 Å². The molecule has 1 amide bonds. The van der Waals surface area contributed by atoms with Crippen molar-refractivity contribution >= 4 is 27.7 Å². The Morgan fingerprint density at radius 3 is 2.67 bits per heavy atom. The number of nitrogens with one attached hydrogen (secondary N) is 1. The number of aromatic nitrogens is 1. The molecule has 0 radical (unpaired) electrons. The summed E-state index contributed by atoms with van der Waals surface area (Å²) in [5.74, 6) is 0.924. The van der Waals surface area contributed by atoms with E-state index in [1.165, 1.54) is 0 Å². The quantitative estimate of drug-likeness (QED) is 0.945. The van der Waals surface area contributed by atoms with Gasteiger partial charge < -0.3 is 10.1 Å². The molecule has 1 N–H and O–H groups in total. The summed E-state index contributed by atoms with van der Waals surface area (Å²) in [6, 6.07) is 12.6. The summed E-state index contributed by atoms with van der Waals surface area (Å²) in [6.45, 7) is -0.0434. The number of nitrogens with zero attached hydrogens (tertiary/aromatic N) is 1. The Hall–Kier alpha value is -1.88. The van der Waals surface area contributed by atoms with Gasteiger partial charge in [0.2, 0.25) is 0 Å². The smallest absolute Gasteiger partial charge is 0.263 e. The maximum Gasteiger partial charge on any atom is 0.263 e. The molecule has 0 aliphatic carbocycles. The van der Waals surface area contributed by atoms with Gasteiger partial charge in [-0.1, -0.05) is 22.0 Å². The van der Waals surface area contributed by atoms with E-state index in [0.29, 0.717) is 11.6 Å². The van der Waals surface area contributed by atoms with Gasteiger partial charge >= 0.3 is 0 Å². The number of halogens is 1. The number of hydrogen-bond donors (Lipinski definition) is 1. The van der Waals surface area contributed by atoms with E-state index in [1.807, 2.05) is 12.1 Å². The topological polar surface area (TPSA) is 51.2 Å². The molecule has 0 aliphatic heterocycles. The van der Waals surface area contributed by atoms with Gasteiger partial charge in [-0.05, 0) is 36.4 Å². The Balaban J connectivity index is 1.83. The Morgan fingerprint density at radius 2 is 2.00 bits per heavy atom. The van der Waals surface area contributed by atoms with Crippen molar-refractivity contribution in [3.8, 4) is 5.75 Å². The van der Waals surface area contributed by atoms with E-state index in [1.54, 1.807) is 36.5 Å². The highest BCUT2D eigenvalue weighted by Crippen LogP contribution is 2.15. The van der Waals surface area contributed by atoms with Crippen molar-refractivity contribution in [2.75, 3.05) is 11.9 Å². The summed E-state index contributed by atoms with van der Waals surface area (Å²) >= 11 is 3.33. The number of pyridine rings is 1. The van der Waals surface area contributed by atoms with Crippen LogP contribution in [0.15, 0.2) is 53.1 Å². The molecule has 0 saturated carbocycles. The molecule has 0 fully saturated rings. The van der Waals surface area contributed by atoms with Gasteiger partial charge in [0.15, 0.2) is 6.61 Å². The summed E-state index contributed by atoms with van der Waals surface area (Å²) in [6.07, 6.45) is 1.62. The first kappa shape index (κ1) is 12.6. The molecule has 1 aromatic carbocycles. The standard InChI is InChI=1S/C13H11BrN2O2/c14-10-4-6-11(7-5-10)18-9-13(17)16-12-3-1-2-8-15-12/h1-8H,9H2,(H,15,16,17). The second-order valence-corrected chi connectivity index (χ2v) is 4.42. The number of carbonyl (C=O) groups is 1. The second kappa shape index (κ2) is 6.16. The lowest BCUT2D eigenvalue weighted by Gasteiger charge is -2.06. The van der Waals surface area contributed by atoms with Gasteiger partial charge in [-0.15, -0.1) is 0 Å². The van der Waals surface area contributed by atoms with E-state index >= 15 is 0 Å². The van der Waals surface area contributed by atoms with Crippen molar-refractivity contribution in [3.05, 3.63) is 53.1 Å². The number of ether oxygens (including phenoxy) is 1. The number of rotatable bonds is 4. The van der Waals surface area contributed by atoms with Crippen LogP contribution in [0.1, 0.15) is 0 Å². The van der Waals surface area contributed by atoms with Crippen LogP contribution in [-0.4, -0.2) is 17.5 Å². The Kier molecular flexibility index (Phi) is 4.30. The van der Waals surface area contributed by atoms with E-state index in [2.05, 4.69) is 26.2 Å². The third-order valence-corrected chi connectivity index (χ3v) is 2.64. The van der Waals surface area contributed by atoms with Crippen molar-refractivity contribution in [3.63, 3.8) is 0 Å². The van der Waals surface area contributed by atoms with E-state index < -0.39 is 0 Å². The molecule has 0 spiro atoms. The van der Waals surface area contributed by atoms with Crippen molar-refractivity contribution in [2.24, 2.45) is 0 Å². The average Bonchev–Trinajstić information content (AvgIpc) is 2.39. The minimum atomic E-state index is -0.239. The normalized spacial score (nSPS) is 9.83. The lowest BCUT2D eigenvalue weighted by Crippen LogP contribution is -2.20. The van der Waals surface area contributed by atoms with E-state index in [9.17, 15) is 4.79 Å². The maximum absolute atomic E-state index is 11.6. The molecule has 92 valence electrons. The zero-order valence-electron chi connectivity index (χ0n) is 9.47. The van der Waals surface area contributed by atoms with Crippen molar-refractivity contribution in [1.82, 2.24) is 4.98 Å². The van der Waals surface area contributed by atoms with Gasteiger partial charge in [-0.25, -0.2) is 4.98 Å². The van der Waals surface area contributed by atoms with Crippen LogP contribution in [0.3, 0.4) is 0 Å². The molecule has 2 aromatic rings. The number of anilines is 1. The van der Waals surface area contributed by atoms with Gasteiger partial charge in [-0.2, -0.15) is 0 Å². The predicted molar refractivity (Wildman–Crippen MR) is 72.5 cm³/mol. The first-order valence-corrected chi connectivity index (χ1v) is 6.12. The Morgan fingerprint density at radius 1 is 1.22 bits per heavy atom. The van der Waals surface area contributed by atoms with Gasteiger partial charge in [0.1, 0.15) is 11.6 Å². The van der Waals surface area contributed by atoms with Crippen LogP contribution in [0, 0.1) is 0 Å². The van der Waals surface area contributed by atoms with Crippen LogP contribution in [0.4, 0.5) is 5.82 Å². The number of amides is 1. The molecule has 0 unspecified atom stereocenters. The summed E-state index contributed by atoms with van der Waals surface area (Å²) in [5.41, 5.74) is 0. The molecule has 1 heterocycles. The zero-order valence-corrected chi connectivity index (χ0v) is 11.1. The molecule has 1 aromatic heterocycles. The van der Waals surface area contributed by atoms with Crippen molar-refractivity contribution < 1.29 is 9.53 Å². The predicted octanol–water partition coefficient (Wildman–Crippen LogP) is 2.86. The molecule has 18 heavy (non-hydrogen) atoms. The second-order valence-electron chi connectivity index (χ2n) is 3.51. The van der Waals surface area contributed by atoms with E-state index in [0.717, 1.165) is 4.47 Å². The SMILES string of the molecule is O=C(COc1ccc(Br)cc1)Nc1ccccn1. The molecule has 0 aliphatic rings. The van der Waals surface area contributed by atoms with Gasteiger partial charge in [0.05, 0.1) is 0 Å². The molecular weight excluding hydrogens is 296 g/mol. The molecular formula is C13H11BrN2O2. The van der Waals surface area contributed by atoms with E-state index in [-0.39, 0.29) is 12.5 Å². The largest absolute Gasteiger partial charge is 0.484 e. The van der Waals surface area contributed by atoms with Gasteiger partial charge in [0.25, 0.3) is 5.91 Å². The number of carbonyl (C=O) groups excluding carboxylic acids is 1. The van der Waals surface area contributed by atoms with Crippen LogP contribution >= 0.6 is 15.9 Å². The molecule has 0 saturated heterocycles. The monoisotopic (exact) mass is 306 g/mol. The molecule has 0 bridgehead atoms. The average molecular weight is 307 g/mol. The van der Waals surface area contributed by atoms with Gasteiger partial charge in [0, 0.05) is 10.7 Å². The Bertz CT molecular complexity index is 514. The summed E-state index contributed by atoms with van der Waals surface area (Å²) in [4.78, 5) is 15.6. The van der Waals surface area contributed by atoms with Gasteiger partial charge in [-0.3, -0.25) is 4.79 Å². The highest BCUT2D eigenvalue weighted by atomic mass is 79.9. The summed E-state index contributed by atoms with van der Waals surface area (Å²) in [5, 5.41) is 2.64. The first-order chi connectivity index (χ1) is 8.74. The van der Waals surface area contributed by atoms with Crippen molar-refractivity contribution in [1.29, 1.82) is 0 Å². The highest BCUT2D eigenvalue weighted by molar-refractivity contribution is 9.10. The lowest BCUT2D eigenvalue weighted by atomic mass is 10.3. The number of benzene rings is 1. The lowest BCUT2D eigenvalue weighted by molar-refractivity contribution is -0.118. The minimum absolute atomic E-state index is 0.0434. The van der Waals surface area contributed by atoms with Crippen LogP contribution in [0.2, 0.25) is 0 Å². The summed E-state index contributed by atoms with van der Waals surface area (Å²) < 4.78 is 6.30. The fourth-order valence-corrected chi connectivity index (χ4v) is 1.56. The van der Waals surface area contributed by atoms with Crippen LogP contribution in [0.25, 0.3) is 0 Å². The molecule has 0 atom stereocenters. The third kappa shape index (κ3) is 3.85. The first-order valence-electron chi connectivity index (χ1n) is 5.33. The Labute approximate surface area is 113 Å². The fourth-order valence-electron chi connectivity index (χ4n) is 1.30. The minimum Gasteiger partial charge on any atom is -0.484 e. The highest BCUT2D eigenvalue weighted by Gasteiger charge is 2.03. The molecule has 2 rings (SSSR count).